The maximum absolute atomic E-state index is 12.1. The average molecular weight is 432 g/mol. The molecule has 6 nitrogen and oxygen atoms in total. The summed E-state index contributed by atoms with van der Waals surface area (Å²) in [5.74, 6) is 6.04. The molecule has 2 heterocycles. The number of primary amides is 1. The SMILES string of the molecule is CC#CC(=O)N1CCC(c2nc(-c3ccc(Oc4ccccc4)cc3)c(C(N)=O)s2)C1. The van der Waals surface area contributed by atoms with Crippen molar-refractivity contribution >= 4 is 23.2 Å². The van der Waals surface area contributed by atoms with E-state index < -0.39 is 5.91 Å². The number of hydrogen-bond acceptors (Lipinski definition) is 5. The van der Waals surface area contributed by atoms with Gasteiger partial charge in [0.15, 0.2) is 0 Å². The van der Waals surface area contributed by atoms with E-state index in [0.29, 0.717) is 29.4 Å². The van der Waals surface area contributed by atoms with E-state index in [-0.39, 0.29) is 11.8 Å². The Kier molecular flexibility index (Phi) is 6.01. The molecular formula is C24H21N3O3S. The van der Waals surface area contributed by atoms with Gasteiger partial charge in [-0.25, -0.2) is 4.98 Å². The number of aromatic nitrogens is 1. The Morgan fingerprint density at radius 2 is 1.84 bits per heavy atom. The van der Waals surface area contributed by atoms with Gasteiger partial charge in [-0.1, -0.05) is 24.1 Å². The van der Waals surface area contributed by atoms with Gasteiger partial charge >= 0.3 is 0 Å². The highest BCUT2D eigenvalue weighted by molar-refractivity contribution is 7.14. The van der Waals surface area contributed by atoms with Gasteiger partial charge in [0.2, 0.25) is 0 Å². The Morgan fingerprint density at radius 1 is 1.13 bits per heavy atom. The van der Waals surface area contributed by atoms with Gasteiger partial charge in [-0.3, -0.25) is 9.59 Å². The highest BCUT2D eigenvalue weighted by atomic mass is 32.1. The van der Waals surface area contributed by atoms with Crippen molar-refractivity contribution < 1.29 is 14.3 Å². The summed E-state index contributed by atoms with van der Waals surface area (Å²) in [6.45, 7) is 2.82. The number of likely N-dealkylation sites (tertiary alicyclic amines) is 1. The number of amides is 2. The minimum Gasteiger partial charge on any atom is -0.457 e. The van der Waals surface area contributed by atoms with E-state index in [1.807, 2.05) is 54.6 Å². The molecule has 4 rings (SSSR count). The Balaban J connectivity index is 1.56. The van der Waals surface area contributed by atoms with Crippen LogP contribution in [-0.2, 0) is 4.79 Å². The number of benzene rings is 2. The number of nitrogens with two attached hydrogens (primary N) is 1. The molecular weight excluding hydrogens is 410 g/mol. The molecule has 0 bridgehead atoms. The minimum atomic E-state index is -0.508. The first-order valence-corrected chi connectivity index (χ1v) is 10.7. The molecule has 0 radical (unpaired) electrons. The van der Waals surface area contributed by atoms with Crippen LogP contribution in [0.3, 0.4) is 0 Å². The molecule has 0 saturated carbocycles. The standard InChI is InChI=1S/C24H21N3O3S/c1-2-6-20(28)27-14-13-17(15-27)24-26-21(22(31-24)23(25)29)16-9-11-19(12-10-16)30-18-7-4-3-5-8-18/h3-5,7-12,17H,13-15H2,1H3,(H2,25,29). The van der Waals surface area contributed by atoms with Gasteiger partial charge in [-0.2, -0.15) is 0 Å². The quantitative estimate of drug-likeness (QED) is 0.618. The van der Waals surface area contributed by atoms with E-state index in [9.17, 15) is 9.59 Å². The summed E-state index contributed by atoms with van der Waals surface area (Å²) in [5, 5.41) is 0.813. The van der Waals surface area contributed by atoms with Crippen molar-refractivity contribution in [3.63, 3.8) is 0 Å². The lowest BCUT2D eigenvalue weighted by atomic mass is 10.1. The number of rotatable bonds is 5. The highest BCUT2D eigenvalue weighted by Gasteiger charge is 2.30. The molecule has 31 heavy (non-hydrogen) atoms. The first kappa shape index (κ1) is 20.6. The second-order valence-electron chi connectivity index (χ2n) is 7.15. The molecule has 1 fully saturated rings. The molecule has 7 heteroatoms. The number of thiazole rings is 1. The Morgan fingerprint density at radius 3 is 2.52 bits per heavy atom. The van der Waals surface area contributed by atoms with Crippen LogP contribution in [0.25, 0.3) is 11.3 Å². The number of para-hydroxylation sites is 1. The van der Waals surface area contributed by atoms with Crippen LogP contribution >= 0.6 is 11.3 Å². The lowest BCUT2D eigenvalue weighted by Crippen LogP contribution is -2.26. The molecule has 1 unspecified atom stereocenters. The Labute approximate surface area is 184 Å². The zero-order valence-corrected chi connectivity index (χ0v) is 17.8. The van der Waals surface area contributed by atoms with Crippen LogP contribution in [0.1, 0.15) is 33.9 Å². The zero-order chi connectivity index (χ0) is 21.8. The minimum absolute atomic E-state index is 0.0696. The van der Waals surface area contributed by atoms with Crippen molar-refractivity contribution in [3.05, 3.63) is 64.5 Å². The predicted molar refractivity (Wildman–Crippen MR) is 120 cm³/mol. The van der Waals surface area contributed by atoms with Crippen LogP contribution in [-0.4, -0.2) is 34.8 Å². The van der Waals surface area contributed by atoms with E-state index in [1.165, 1.54) is 11.3 Å². The number of nitrogens with zero attached hydrogens (tertiary/aromatic N) is 2. The normalized spacial score (nSPS) is 15.3. The monoisotopic (exact) mass is 431 g/mol. The topological polar surface area (TPSA) is 85.5 Å². The van der Waals surface area contributed by atoms with Crippen LogP contribution in [0.5, 0.6) is 11.5 Å². The van der Waals surface area contributed by atoms with Gasteiger partial charge in [0, 0.05) is 24.6 Å². The molecule has 1 aliphatic heterocycles. The molecule has 1 saturated heterocycles. The largest absolute Gasteiger partial charge is 0.457 e. The smallest absolute Gasteiger partial charge is 0.298 e. The predicted octanol–water partition coefficient (Wildman–Crippen LogP) is 4.04. The number of hydrogen-bond donors (Lipinski definition) is 1. The second-order valence-corrected chi connectivity index (χ2v) is 8.18. The number of ether oxygens (including phenoxy) is 1. The first-order chi connectivity index (χ1) is 15.0. The van der Waals surface area contributed by atoms with Crippen LogP contribution in [0.15, 0.2) is 54.6 Å². The van der Waals surface area contributed by atoms with Crippen LogP contribution < -0.4 is 10.5 Å². The Hall–Kier alpha value is -3.63. The van der Waals surface area contributed by atoms with E-state index in [1.54, 1.807) is 11.8 Å². The summed E-state index contributed by atoms with van der Waals surface area (Å²) in [4.78, 5) is 31.0. The molecule has 0 spiro atoms. The summed E-state index contributed by atoms with van der Waals surface area (Å²) in [7, 11) is 0. The van der Waals surface area contributed by atoms with Crippen molar-refractivity contribution in [2.45, 2.75) is 19.3 Å². The van der Waals surface area contributed by atoms with Crippen LogP contribution in [0.2, 0.25) is 0 Å². The van der Waals surface area contributed by atoms with Crippen molar-refractivity contribution in [1.29, 1.82) is 0 Å². The summed E-state index contributed by atoms with van der Waals surface area (Å²) in [5.41, 5.74) is 6.99. The molecule has 1 atom stereocenters. The van der Waals surface area contributed by atoms with Gasteiger partial charge in [0.25, 0.3) is 11.8 Å². The summed E-state index contributed by atoms with van der Waals surface area (Å²) in [6.07, 6.45) is 0.784. The maximum Gasteiger partial charge on any atom is 0.298 e. The first-order valence-electron chi connectivity index (χ1n) is 9.90. The summed E-state index contributed by atoms with van der Waals surface area (Å²) < 4.78 is 5.83. The van der Waals surface area contributed by atoms with Gasteiger partial charge < -0.3 is 15.4 Å². The lowest BCUT2D eigenvalue weighted by molar-refractivity contribution is -0.124. The fraction of sp³-hybridized carbons (Fsp3) is 0.208. The van der Waals surface area contributed by atoms with Crippen molar-refractivity contribution in [2.24, 2.45) is 5.73 Å². The van der Waals surface area contributed by atoms with Crippen molar-refractivity contribution in [1.82, 2.24) is 9.88 Å². The second kappa shape index (κ2) is 9.02. The molecule has 2 amide bonds. The average Bonchev–Trinajstić information content (AvgIpc) is 3.43. The third kappa shape index (κ3) is 4.60. The molecule has 1 aromatic heterocycles. The fourth-order valence-electron chi connectivity index (χ4n) is 3.51. The van der Waals surface area contributed by atoms with E-state index in [2.05, 4.69) is 11.8 Å². The third-order valence-electron chi connectivity index (χ3n) is 5.03. The van der Waals surface area contributed by atoms with E-state index in [0.717, 1.165) is 22.7 Å². The fourth-order valence-corrected chi connectivity index (χ4v) is 4.58. The zero-order valence-electron chi connectivity index (χ0n) is 17.0. The van der Waals surface area contributed by atoms with Crippen LogP contribution in [0.4, 0.5) is 0 Å². The van der Waals surface area contributed by atoms with E-state index in [4.69, 9.17) is 15.5 Å². The van der Waals surface area contributed by atoms with Crippen LogP contribution in [0, 0.1) is 11.8 Å². The van der Waals surface area contributed by atoms with Crippen molar-refractivity contribution in [2.75, 3.05) is 13.1 Å². The van der Waals surface area contributed by atoms with Gasteiger partial charge in [-0.05, 0) is 55.7 Å². The summed E-state index contributed by atoms with van der Waals surface area (Å²) >= 11 is 1.30. The highest BCUT2D eigenvalue weighted by Crippen LogP contribution is 2.36. The molecule has 156 valence electrons. The van der Waals surface area contributed by atoms with E-state index >= 15 is 0 Å². The number of carbonyl (C=O) groups excluding carboxylic acids is 2. The molecule has 0 aliphatic carbocycles. The number of carbonyl (C=O) groups is 2. The lowest BCUT2D eigenvalue weighted by Gasteiger charge is -2.11. The van der Waals surface area contributed by atoms with Gasteiger partial charge in [0.05, 0.1) is 10.7 Å². The van der Waals surface area contributed by atoms with Crippen molar-refractivity contribution in [3.8, 4) is 34.6 Å². The third-order valence-corrected chi connectivity index (χ3v) is 6.26. The Bertz CT molecular complexity index is 1160. The summed E-state index contributed by atoms with van der Waals surface area (Å²) in [6, 6.07) is 16.9. The molecule has 2 N–H and O–H groups in total. The van der Waals surface area contributed by atoms with Gasteiger partial charge in [0.1, 0.15) is 16.4 Å². The molecule has 1 aliphatic rings. The molecule has 3 aromatic rings. The van der Waals surface area contributed by atoms with Gasteiger partial charge in [-0.15, -0.1) is 11.3 Å². The molecule has 2 aromatic carbocycles. The maximum atomic E-state index is 12.1.